The van der Waals surface area contributed by atoms with Gasteiger partial charge in [0.1, 0.15) is 11.5 Å². The maximum Gasteiger partial charge on any atom is 0.251 e. The van der Waals surface area contributed by atoms with Crippen LogP contribution in [0.25, 0.3) is 10.9 Å². The predicted octanol–water partition coefficient (Wildman–Crippen LogP) is 3.08. The summed E-state index contributed by atoms with van der Waals surface area (Å²) < 4.78 is 10.5. The van der Waals surface area contributed by atoms with Gasteiger partial charge in [-0.3, -0.25) is 4.79 Å². The Hall–Kier alpha value is -2.95. The fourth-order valence-corrected chi connectivity index (χ4v) is 3.52. The minimum atomic E-state index is -0.0732. The molecule has 128 valence electrons. The minimum absolute atomic E-state index is 0.0732. The molecular formula is C20H20N2O3. The quantitative estimate of drug-likeness (QED) is 0.769. The number of ether oxygens (including phenoxy) is 2. The molecule has 1 aliphatic carbocycles. The van der Waals surface area contributed by atoms with Crippen molar-refractivity contribution in [1.82, 2.24) is 10.3 Å². The average molecular weight is 336 g/mol. The van der Waals surface area contributed by atoms with Gasteiger partial charge in [0.15, 0.2) is 0 Å². The van der Waals surface area contributed by atoms with Gasteiger partial charge in [0.25, 0.3) is 5.91 Å². The molecule has 0 saturated carbocycles. The van der Waals surface area contributed by atoms with E-state index in [1.807, 2.05) is 24.3 Å². The highest BCUT2D eigenvalue weighted by Gasteiger charge is 2.27. The van der Waals surface area contributed by atoms with E-state index < -0.39 is 0 Å². The number of hydrogen-bond acceptors (Lipinski definition) is 3. The highest BCUT2D eigenvalue weighted by atomic mass is 16.5. The smallest absolute Gasteiger partial charge is 0.251 e. The Morgan fingerprint density at radius 1 is 1.08 bits per heavy atom. The van der Waals surface area contributed by atoms with Crippen molar-refractivity contribution in [2.45, 2.75) is 18.9 Å². The van der Waals surface area contributed by atoms with Crippen molar-refractivity contribution in [3.63, 3.8) is 0 Å². The largest absolute Gasteiger partial charge is 0.497 e. The van der Waals surface area contributed by atoms with Gasteiger partial charge in [0, 0.05) is 34.6 Å². The number of hydrogen-bond donors (Lipinski definition) is 2. The van der Waals surface area contributed by atoms with Gasteiger partial charge in [0.2, 0.25) is 0 Å². The van der Waals surface area contributed by atoms with Gasteiger partial charge in [-0.1, -0.05) is 6.07 Å². The van der Waals surface area contributed by atoms with Crippen molar-refractivity contribution < 1.29 is 14.3 Å². The van der Waals surface area contributed by atoms with Crippen LogP contribution in [-0.2, 0) is 12.8 Å². The SMILES string of the molecule is COc1cccc(C(=O)NC2Cc3[nH]c4ccc(OC)cc4c3C2)c1. The molecule has 4 rings (SSSR count). The van der Waals surface area contributed by atoms with E-state index in [4.69, 9.17) is 9.47 Å². The van der Waals surface area contributed by atoms with E-state index in [0.29, 0.717) is 11.3 Å². The van der Waals surface area contributed by atoms with E-state index in [1.54, 1.807) is 26.4 Å². The normalized spacial score (nSPS) is 15.8. The van der Waals surface area contributed by atoms with Gasteiger partial charge in [-0.15, -0.1) is 0 Å². The molecule has 1 amide bonds. The molecule has 1 heterocycles. The van der Waals surface area contributed by atoms with E-state index in [1.165, 1.54) is 16.6 Å². The third kappa shape index (κ3) is 2.82. The van der Waals surface area contributed by atoms with Crippen molar-refractivity contribution in [1.29, 1.82) is 0 Å². The number of fused-ring (bicyclic) bond motifs is 3. The van der Waals surface area contributed by atoms with Gasteiger partial charge in [-0.05, 0) is 48.4 Å². The fraction of sp³-hybridized carbons (Fsp3) is 0.250. The molecule has 0 radical (unpaired) electrons. The first-order valence-electron chi connectivity index (χ1n) is 8.30. The third-order valence-corrected chi connectivity index (χ3v) is 4.77. The third-order valence-electron chi connectivity index (χ3n) is 4.77. The zero-order valence-corrected chi connectivity index (χ0v) is 14.3. The van der Waals surface area contributed by atoms with E-state index in [0.717, 1.165) is 24.1 Å². The molecule has 5 heteroatoms. The Labute approximate surface area is 146 Å². The van der Waals surface area contributed by atoms with Crippen molar-refractivity contribution in [2.75, 3.05) is 14.2 Å². The summed E-state index contributed by atoms with van der Waals surface area (Å²) in [5.74, 6) is 1.46. The lowest BCUT2D eigenvalue weighted by atomic mass is 10.1. The molecule has 0 aliphatic heterocycles. The summed E-state index contributed by atoms with van der Waals surface area (Å²) in [6.45, 7) is 0. The topological polar surface area (TPSA) is 63.3 Å². The Bertz CT molecular complexity index is 945. The maximum absolute atomic E-state index is 12.5. The molecule has 2 N–H and O–H groups in total. The highest BCUT2D eigenvalue weighted by Crippen LogP contribution is 2.32. The van der Waals surface area contributed by atoms with E-state index in [9.17, 15) is 4.79 Å². The van der Waals surface area contributed by atoms with Crippen LogP contribution in [0.2, 0.25) is 0 Å². The monoisotopic (exact) mass is 336 g/mol. The molecule has 1 aromatic heterocycles. The lowest BCUT2D eigenvalue weighted by Gasteiger charge is -2.13. The predicted molar refractivity (Wildman–Crippen MR) is 96.5 cm³/mol. The summed E-state index contributed by atoms with van der Waals surface area (Å²) >= 11 is 0. The van der Waals surface area contributed by atoms with Crippen LogP contribution in [0.4, 0.5) is 0 Å². The molecule has 1 unspecified atom stereocenters. The Morgan fingerprint density at radius 2 is 1.88 bits per heavy atom. The van der Waals surface area contributed by atoms with Crippen LogP contribution in [0.3, 0.4) is 0 Å². The second-order valence-corrected chi connectivity index (χ2v) is 6.30. The number of H-pyrrole nitrogens is 1. The Balaban J connectivity index is 1.52. The van der Waals surface area contributed by atoms with Crippen molar-refractivity contribution in [2.24, 2.45) is 0 Å². The zero-order valence-electron chi connectivity index (χ0n) is 14.3. The summed E-state index contributed by atoms with van der Waals surface area (Å²) in [6.07, 6.45) is 1.63. The number of rotatable bonds is 4. The summed E-state index contributed by atoms with van der Waals surface area (Å²) in [5.41, 5.74) is 4.19. The highest BCUT2D eigenvalue weighted by molar-refractivity contribution is 5.95. The van der Waals surface area contributed by atoms with Crippen LogP contribution >= 0.6 is 0 Å². The van der Waals surface area contributed by atoms with Crippen molar-refractivity contribution >= 4 is 16.8 Å². The molecule has 5 nitrogen and oxygen atoms in total. The second kappa shape index (κ2) is 6.16. The van der Waals surface area contributed by atoms with Gasteiger partial charge in [-0.2, -0.15) is 0 Å². The van der Waals surface area contributed by atoms with Crippen LogP contribution in [0.1, 0.15) is 21.6 Å². The Kier molecular flexibility index (Phi) is 3.84. The zero-order chi connectivity index (χ0) is 17.4. The van der Waals surface area contributed by atoms with Crippen molar-refractivity contribution in [3.05, 3.63) is 59.3 Å². The van der Waals surface area contributed by atoms with Gasteiger partial charge < -0.3 is 19.8 Å². The van der Waals surface area contributed by atoms with Crippen LogP contribution in [0, 0.1) is 0 Å². The average Bonchev–Trinajstić information content (AvgIpc) is 3.18. The number of methoxy groups -OCH3 is 2. The second-order valence-electron chi connectivity index (χ2n) is 6.30. The Morgan fingerprint density at radius 3 is 2.68 bits per heavy atom. The van der Waals surface area contributed by atoms with Crippen LogP contribution in [0.15, 0.2) is 42.5 Å². The lowest BCUT2D eigenvalue weighted by Crippen LogP contribution is -2.35. The number of benzene rings is 2. The van der Waals surface area contributed by atoms with E-state index in [2.05, 4.69) is 16.4 Å². The number of amides is 1. The standard InChI is InChI=1S/C20H20N2O3/c1-24-14-5-3-4-12(8-14)20(23)21-13-9-16-17-11-15(25-2)6-7-18(17)22-19(16)10-13/h3-8,11,13,22H,9-10H2,1-2H3,(H,21,23). The molecule has 0 bridgehead atoms. The first-order chi connectivity index (χ1) is 12.2. The summed E-state index contributed by atoms with van der Waals surface area (Å²) in [7, 11) is 3.27. The number of nitrogens with one attached hydrogen (secondary N) is 2. The van der Waals surface area contributed by atoms with E-state index >= 15 is 0 Å². The number of carbonyl (C=O) groups is 1. The number of aromatic amines is 1. The van der Waals surface area contributed by atoms with Gasteiger partial charge >= 0.3 is 0 Å². The maximum atomic E-state index is 12.5. The first-order valence-corrected chi connectivity index (χ1v) is 8.30. The molecule has 25 heavy (non-hydrogen) atoms. The van der Waals surface area contributed by atoms with E-state index in [-0.39, 0.29) is 11.9 Å². The molecular weight excluding hydrogens is 316 g/mol. The van der Waals surface area contributed by atoms with Crippen LogP contribution < -0.4 is 14.8 Å². The van der Waals surface area contributed by atoms with Crippen LogP contribution in [0.5, 0.6) is 11.5 Å². The summed E-state index contributed by atoms with van der Waals surface area (Å²) in [4.78, 5) is 16.0. The van der Waals surface area contributed by atoms with Crippen LogP contribution in [-0.4, -0.2) is 31.2 Å². The fourth-order valence-electron chi connectivity index (χ4n) is 3.52. The molecule has 2 aromatic carbocycles. The molecule has 0 spiro atoms. The number of aromatic nitrogens is 1. The summed E-state index contributed by atoms with van der Waals surface area (Å²) in [6, 6.07) is 13.3. The molecule has 3 aromatic rings. The van der Waals surface area contributed by atoms with Crippen molar-refractivity contribution in [3.8, 4) is 11.5 Å². The minimum Gasteiger partial charge on any atom is -0.497 e. The summed E-state index contributed by atoms with van der Waals surface area (Å²) in [5, 5.41) is 4.30. The number of carbonyl (C=O) groups excluding carboxylic acids is 1. The molecule has 1 aliphatic rings. The lowest BCUT2D eigenvalue weighted by molar-refractivity contribution is 0.0938. The van der Waals surface area contributed by atoms with Gasteiger partial charge in [-0.25, -0.2) is 0 Å². The molecule has 0 saturated heterocycles. The van der Waals surface area contributed by atoms with Gasteiger partial charge in [0.05, 0.1) is 14.2 Å². The molecule has 0 fully saturated rings. The molecule has 1 atom stereocenters. The first kappa shape index (κ1) is 15.6.